The van der Waals surface area contributed by atoms with E-state index in [2.05, 4.69) is 34.0 Å². The van der Waals surface area contributed by atoms with Gasteiger partial charge in [-0.2, -0.15) is 4.98 Å². The number of morpholine rings is 1. The lowest BCUT2D eigenvalue weighted by molar-refractivity contribution is -0.00545. The summed E-state index contributed by atoms with van der Waals surface area (Å²) in [7, 11) is 0. The standard InChI is InChI=1S/C12H20N4O/c1-4-13-12-14-6-5-11(15-12)16-7-9(2)17-10(3)8-16/h5-6,9-10H,4,7-8H2,1-3H3,(H,13,14,15)/t9-,10+. The van der Waals surface area contributed by atoms with Crippen molar-refractivity contribution in [3.8, 4) is 0 Å². The molecule has 2 atom stereocenters. The van der Waals surface area contributed by atoms with Crippen molar-refractivity contribution in [2.24, 2.45) is 0 Å². The number of hydrogen-bond donors (Lipinski definition) is 1. The first-order chi connectivity index (χ1) is 8.19. The van der Waals surface area contributed by atoms with Crippen molar-refractivity contribution in [2.75, 3.05) is 29.9 Å². The molecule has 1 fully saturated rings. The van der Waals surface area contributed by atoms with Crippen LogP contribution in [0.1, 0.15) is 20.8 Å². The number of rotatable bonds is 3. The average molecular weight is 236 g/mol. The van der Waals surface area contributed by atoms with E-state index >= 15 is 0 Å². The molecule has 0 radical (unpaired) electrons. The Labute approximate surface area is 102 Å². The maximum Gasteiger partial charge on any atom is 0.224 e. The molecule has 1 saturated heterocycles. The van der Waals surface area contributed by atoms with Gasteiger partial charge in [-0.05, 0) is 26.8 Å². The SMILES string of the molecule is CCNc1nccc(N2C[C@@H](C)O[C@@H](C)C2)n1. The summed E-state index contributed by atoms with van der Waals surface area (Å²) in [6, 6.07) is 1.95. The number of ether oxygens (including phenoxy) is 1. The van der Waals surface area contributed by atoms with E-state index in [1.165, 1.54) is 0 Å². The fourth-order valence-electron chi connectivity index (χ4n) is 2.13. The van der Waals surface area contributed by atoms with Crippen molar-refractivity contribution in [1.82, 2.24) is 9.97 Å². The average Bonchev–Trinajstić information content (AvgIpc) is 2.28. The lowest BCUT2D eigenvalue weighted by Gasteiger charge is -2.36. The Morgan fingerprint density at radius 1 is 1.41 bits per heavy atom. The summed E-state index contributed by atoms with van der Waals surface area (Å²) in [6.45, 7) is 8.82. The molecule has 0 aliphatic carbocycles. The monoisotopic (exact) mass is 236 g/mol. The maximum absolute atomic E-state index is 5.71. The van der Waals surface area contributed by atoms with E-state index in [-0.39, 0.29) is 12.2 Å². The summed E-state index contributed by atoms with van der Waals surface area (Å²) in [5.74, 6) is 1.66. The van der Waals surface area contributed by atoms with Crippen LogP contribution < -0.4 is 10.2 Å². The molecule has 0 aromatic carbocycles. The molecule has 0 amide bonds. The molecule has 5 nitrogen and oxygen atoms in total. The highest BCUT2D eigenvalue weighted by Gasteiger charge is 2.23. The zero-order chi connectivity index (χ0) is 12.3. The Balaban J connectivity index is 2.12. The highest BCUT2D eigenvalue weighted by Crippen LogP contribution is 2.18. The van der Waals surface area contributed by atoms with Gasteiger partial charge in [0.15, 0.2) is 0 Å². The molecule has 2 heterocycles. The minimum absolute atomic E-state index is 0.247. The van der Waals surface area contributed by atoms with Crippen molar-refractivity contribution < 1.29 is 4.74 Å². The lowest BCUT2D eigenvalue weighted by atomic mass is 10.2. The smallest absolute Gasteiger partial charge is 0.224 e. The van der Waals surface area contributed by atoms with E-state index in [0.29, 0.717) is 5.95 Å². The first kappa shape index (κ1) is 12.1. The van der Waals surface area contributed by atoms with Gasteiger partial charge in [0, 0.05) is 25.8 Å². The zero-order valence-corrected chi connectivity index (χ0v) is 10.7. The minimum atomic E-state index is 0.247. The van der Waals surface area contributed by atoms with Gasteiger partial charge in [-0.25, -0.2) is 4.98 Å². The molecule has 1 aliphatic rings. The van der Waals surface area contributed by atoms with Gasteiger partial charge in [0.25, 0.3) is 0 Å². The van der Waals surface area contributed by atoms with Crippen LogP contribution in [0.15, 0.2) is 12.3 Å². The third kappa shape index (κ3) is 3.06. The Bertz CT molecular complexity index is 361. The third-order valence-corrected chi connectivity index (χ3v) is 2.72. The van der Waals surface area contributed by atoms with E-state index in [1.54, 1.807) is 6.20 Å². The summed E-state index contributed by atoms with van der Waals surface area (Å²) < 4.78 is 5.71. The number of nitrogens with zero attached hydrogens (tertiary/aromatic N) is 3. The van der Waals surface area contributed by atoms with Gasteiger partial charge in [-0.15, -0.1) is 0 Å². The molecule has 2 rings (SSSR count). The van der Waals surface area contributed by atoms with Crippen molar-refractivity contribution in [3.05, 3.63) is 12.3 Å². The first-order valence-electron chi connectivity index (χ1n) is 6.16. The molecule has 0 saturated carbocycles. The summed E-state index contributed by atoms with van der Waals surface area (Å²) in [6.07, 6.45) is 2.29. The van der Waals surface area contributed by atoms with E-state index in [4.69, 9.17) is 4.74 Å². The van der Waals surface area contributed by atoms with E-state index < -0.39 is 0 Å². The summed E-state index contributed by atoms with van der Waals surface area (Å²) in [5.41, 5.74) is 0. The van der Waals surface area contributed by atoms with Gasteiger partial charge in [-0.1, -0.05) is 0 Å². The number of anilines is 2. The highest BCUT2D eigenvalue weighted by molar-refractivity contribution is 5.43. The largest absolute Gasteiger partial charge is 0.372 e. The third-order valence-electron chi connectivity index (χ3n) is 2.72. The van der Waals surface area contributed by atoms with E-state index in [9.17, 15) is 0 Å². The normalized spacial score (nSPS) is 24.8. The van der Waals surface area contributed by atoms with Gasteiger partial charge in [-0.3, -0.25) is 0 Å². The second-order valence-electron chi connectivity index (χ2n) is 4.43. The molecule has 1 aromatic rings. The molecule has 1 N–H and O–H groups in total. The fourth-order valence-corrected chi connectivity index (χ4v) is 2.13. The second-order valence-corrected chi connectivity index (χ2v) is 4.43. The number of aromatic nitrogens is 2. The number of nitrogens with one attached hydrogen (secondary N) is 1. The maximum atomic E-state index is 5.71. The lowest BCUT2D eigenvalue weighted by Crippen LogP contribution is -2.45. The predicted octanol–water partition coefficient (Wildman–Crippen LogP) is 1.52. The zero-order valence-electron chi connectivity index (χ0n) is 10.7. The van der Waals surface area contributed by atoms with Gasteiger partial charge in [0.2, 0.25) is 5.95 Å². The molecule has 0 spiro atoms. The second kappa shape index (κ2) is 5.31. The summed E-state index contributed by atoms with van der Waals surface area (Å²) in [4.78, 5) is 10.9. The van der Waals surface area contributed by atoms with Gasteiger partial charge in [0.05, 0.1) is 12.2 Å². The Kier molecular flexibility index (Phi) is 3.78. The van der Waals surface area contributed by atoms with Crippen LogP contribution in [0.5, 0.6) is 0 Å². The van der Waals surface area contributed by atoms with Crippen LogP contribution in [-0.4, -0.2) is 41.8 Å². The van der Waals surface area contributed by atoms with Crippen LogP contribution in [0.25, 0.3) is 0 Å². The van der Waals surface area contributed by atoms with Crippen molar-refractivity contribution in [3.63, 3.8) is 0 Å². The van der Waals surface area contributed by atoms with E-state index in [0.717, 1.165) is 25.5 Å². The molecule has 94 valence electrons. The van der Waals surface area contributed by atoms with Crippen LogP contribution >= 0.6 is 0 Å². The molecule has 0 unspecified atom stereocenters. The van der Waals surface area contributed by atoms with Gasteiger partial charge < -0.3 is 15.0 Å². The van der Waals surface area contributed by atoms with Crippen molar-refractivity contribution >= 4 is 11.8 Å². The van der Waals surface area contributed by atoms with Gasteiger partial charge in [0.1, 0.15) is 5.82 Å². The van der Waals surface area contributed by atoms with Crippen LogP contribution in [0.2, 0.25) is 0 Å². The number of hydrogen-bond acceptors (Lipinski definition) is 5. The molecule has 17 heavy (non-hydrogen) atoms. The minimum Gasteiger partial charge on any atom is -0.372 e. The Morgan fingerprint density at radius 3 is 2.76 bits per heavy atom. The molecule has 1 aliphatic heterocycles. The quantitative estimate of drug-likeness (QED) is 0.862. The topological polar surface area (TPSA) is 50.3 Å². The van der Waals surface area contributed by atoms with E-state index in [1.807, 2.05) is 13.0 Å². The first-order valence-corrected chi connectivity index (χ1v) is 6.16. The van der Waals surface area contributed by atoms with Crippen LogP contribution in [0.3, 0.4) is 0 Å². The highest BCUT2D eigenvalue weighted by atomic mass is 16.5. The van der Waals surface area contributed by atoms with Crippen LogP contribution in [0, 0.1) is 0 Å². The predicted molar refractivity (Wildman–Crippen MR) is 68.4 cm³/mol. The molecular weight excluding hydrogens is 216 g/mol. The molecular formula is C12H20N4O. The van der Waals surface area contributed by atoms with Crippen LogP contribution in [0.4, 0.5) is 11.8 Å². The Morgan fingerprint density at radius 2 is 2.12 bits per heavy atom. The van der Waals surface area contributed by atoms with Crippen molar-refractivity contribution in [2.45, 2.75) is 33.0 Å². The summed E-state index contributed by atoms with van der Waals surface area (Å²) >= 11 is 0. The molecule has 1 aromatic heterocycles. The van der Waals surface area contributed by atoms with Crippen molar-refractivity contribution in [1.29, 1.82) is 0 Å². The molecule has 5 heteroatoms. The van der Waals surface area contributed by atoms with Crippen LogP contribution in [-0.2, 0) is 4.74 Å². The Hall–Kier alpha value is -1.36. The summed E-state index contributed by atoms with van der Waals surface area (Å²) in [5, 5.41) is 3.13. The fraction of sp³-hybridized carbons (Fsp3) is 0.667. The van der Waals surface area contributed by atoms with Gasteiger partial charge >= 0.3 is 0 Å². The molecule has 0 bridgehead atoms.